The number of nitro groups is 1. The normalized spacial score (nSPS) is 16.7. The standard InChI is InChI=1S/C20H21N3O6/c1-21(2)10-4-11-22-17(13-6-8-14(9-7-13)23(27)28)16(19(25)20(22)26)18(24)15-5-3-12-29-15/h3,5-9,12,17,25H,4,10-11H2,1-2H3/p+1/t17-/m0/s1. The predicted octanol–water partition coefficient (Wildman–Crippen LogP) is 1.30. The number of nitro benzene ring substituents is 1. The summed E-state index contributed by atoms with van der Waals surface area (Å²) in [5, 5.41) is 21.5. The minimum absolute atomic E-state index is 0.00541. The Kier molecular flexibility index (Phi) is 5.79. The summed E-state index contributed by atoms with van der Waals surface area (Å²) in [5.74, 6) is -1.85. The van der Waals surface area contributed by atoms with E-state index < -0.39 is 28.4 Å². The molecule has 0 radical (unpaired) electrons. The van der Waals surface area contributed by atoms with Gasteiger partial charge in [0.1, 0.15) is 0 Å². The Hall–Kier alpha value is -3.46. The van der Waals surface area contributed by atoms with Crippen LogP contribution in [0.15, 0.2) is 58.4 Å². The number of Topliss-reactive ketones (excluding diaryl/α,β-unsaturated/α-hetero) is 1. The molecule has 0 saturated carbocycles. The number of carbonyl (C=O) groups excluding carboxylic acids is 2. The van der Waals surface area contributed by atoms with Gasteiger partial charge in [-0.1, -0.05) is 0 Å². The fraction of sp³-hybridized carbons (Fsp3) is 0.300. The fourth-order valence-electron chi connectivity index (χ4n) is 3.38. The number of ketones is 1. The summed E-state index contributed by atoms with van der Waals surface area (Å²) in [6.45, 7) is 1.11. The average Bonchev–Trinajstić information content (AvgIpc) is 3.30. The van der Waals surface area contributed by atoms with E-state index in [2.05, 4.69) is 0 Å². The van der Waals surface area contributed by atoms with E-state index in [1.807, 2.05) is 14.1 Å². The summed E-state index contributed by atoms with van der Waals surface area (Å²) in [5.41, 5.74) is 0.309. The van der Waals surface area contributed by atoms with E-state index in [1.165, 1.54) is 46.4 Å². The Bertz CT molecular complexity index is 947. The summed E-state index contributed by atoms with van der Waals surface area (Å²) >= 11 is 0. The first-order chi connectivity index (χ1) is 13.8. The number of benzene rings is 1. The highest BCUT2D eigenvalue weighted by atomic mass is 16.6. The third kappa shape index (κ3) is 4.04. The molecule has 3 rings (SSSR count). The number of nitrogens with zero attached hydrogens (tertiary/aromatic N) is 2. The molecular formula is C20H22N3O6+. The molecule has 0 spiro atoms. The lowest BCUT2D eigenvalue weighted by Crippen LogP contribution is -3.05. The molecule has 9 heteroatoms. The molecule has 0 aliphatic carbocycles. The van der Waals surface area contributed by atoms with E-state index in [4.69, 9.17) is 4.42 Å². The smallest absolute Gasteiger partial charge is 0.290 e. The Morgan fingerprint density at radius 1 is 1.28 bits per heavy atom. The second-order valence-electron chi connectivity index (χ2n) is 7.13. The molecule has 1 aromatic carbocycles. The number of non-ortho nitro benzene ring substituents is 1. The van der Waals surface area contributed by atoms with Crippen LogP contribution in [0.1, 0.15) is 28.6 Å². The Labute approximate surface area is 167 Å². The van der Waals surface area contributed by atoms with E-state index in [-0.39, 0.29) is 17.0 Å². The summed E-state index contributed by atoms with van der Waals surface area (Å²) in [6, 6.07) is 7.76. The zero-order valence-electron chi connectivity index (χ0n) is 16.1. The van der Waals surface area contributed by atoms with Crippen LogP contribution in [-0.2, 0) is 4.79 Å². The number of aliphatic hydroxyl groups is 1. The van der Waals surface area contributed by atoms with Crippen LogP contribution in [0.2, 0.25) is 0 Å². The number of carbonyl (C=O) groups is 2. The summed E-state index contributed by atoms with van der Waals surface area (Å²) < 4.78 is 5.16. The van der Waals surface area contributed by atoms with Gasteiger partial charge in [0.15, 0.2) is 11.5 Å². The number of nitrogens with one attached hydrogen (secondary N) is 1. The molecule has 0 unspecified atom stereocenters. The van der Waals surface area contributed by atoms with E-state index in [0.717, 1.165) is 6.54 Å². The molecule has 1 aliphatic rings. The van der Waals surface area contributed by atoms with Gasteiger partial charge in [-0.05, 0) is 29.8 Å². The lowest BCUT2D eigenvalue weighted by atomic mass is 9.95. The van der Waals surface area contributed by atoms with Crippen molar-refractivity contribution in [3.05, 3.63) is 75.4 Å². The molecule has 0 saturated heterocycles. The third-order valence-corrected chi connectivity index (χ3v) is 4.79. The van der Waals surface area contributed by atoms with Gasteiger partial charge < -0.3 is 19.3 Å². The quantitative estimate of drug-likeness (QED) is 0.392. The number of furan rings is 1. The van der Waals surface area contributed by atoms with Crippen molar-refractivity contribution < 1.29 is 28.9 Å². The van der Waals surface area contributed by atoms with Crippen LogP contribution in [0.5, 0.6) is 0 Å². The highest BCUT2D eigenvalue weighted by Crippen LogP contribution is 2.39. The van der Waals surface area contributed by atoms with Crippen LogP contribution in [0.3, 0.4) is 0 Å². The zero-order chi connectivity index (χ0) is 21.1. The summed E-state index contributed by atoms with van der Waals surface area (Å²) in [7, 11) is 3.97. The number of aliphatic hydroxyl groups excluding tert-OH is 1. The van der Waals surface area contributed by atoms with Crippen molar-refractivity contribution in [3.8, 4) is 0 Å². The third-order valence-electron chi connectivity index (χ3n) is 4.79. The van der Waals surface area contributed by atoms with Gasteiger partial charge >= 0.3 is 0 Å². The minimum Gasteiger partial charge on any atom is -0.503 e. The fourth-order valence-corrected chi connectivity index (χ4v) is 3.38. The topological polar surface area (TPSA) is 118 Å². The first-order valence-electron chi connectivity index (χ1n) is 9.17. The maximum Gasteiger partial charge on any atom is 0.290 e. The second-order valence-corrected chi connectivity index (χ2v) is 7.13. The van der Waals surface area contributed by atoms with Gasteiger partial charge in [-0.3, -0.25) is 19.7 Å². The monoisotopic (exact) mass is 400 g/mol. The van der Waals surface area contributed by atoms with Crippen molar-refractivity contribution in [2.75, 3.05) is 27.2 Å². The van der Waals surface area contributed by atoms with Crippen LogP contribution >= 0.6 is 0 Å². The summed E-state index contributed by atoms with van der Waals surface area (Å²) in [6.07, 6.45) is 1.99. The number of hydrogen-bond acceptors (Lipinski definition) is 6. The van der Waals surface area contributed by atoms with Crippen LogP contribution in [0.4, 0.5) is 5.69 Å². The molecule has 1 atom stereocenters. The van der Waals surface area contributed by atoms with Crippen molar-refractivity contribution >= 4 is 17.4 Å². The maximum atomic E-state index is 12.9. The van der Waals surface area contributed by atoms with Crippen LogP contribution in [0.25, 0.3) is 0 Å². The Morgan fingerprint density at radius 3 is 2.52 bits per heavy atom. The molecule has 1 aromatic heterocycles. The van der Waals surface area contributed by atoms with E-state index in [9.17, 15) is 24.8 Å². The predicted molar refractivity (Wildman–Crippen MR) is 103 cm³/mol. The van der Waals surface area contributed by atoms with Gasteiger partial charge in [0.05, 0.1) is 43.4 Å². The largest absolute Gasteiger partial charge is 0.503 e. The average molecular weight is 400 g/mol. The maximum absolute atomic E-state index is 12.9. The molecule has 0 bridgehead atoms. The molecule has 1 amide bonds. The first-order valence-corrected chi connectivity index (χ1v) is 9.17. The van der Waals surface area contributed by atoms with Crippen molar-refractivity contribution in [2.24, 2.45) is 0 Å². The van der Waals surface area contributed by atoms with E-state index in [0.29, 0.717) is 18.5 Å². The highest BCUT2D eigenvalue weighted by molar-refractivity contribution is 6.15. The van der Waals surface area contributed by atoms with Crippen LogP contribution in [0, 0.1) is 10.1 Å². The molecule has 2 aromatic rings. The zero-order valence-corrected chi connectivity index (χ0v) is 16.1. The molecule has 2 heterocycles. The van der Waals surface area contributed by atoms with E-state index >= 15 is 0 Å². The van der Waals surface area contributed by atoms with E-state index in [1.54, 1.807) is 6.07 Å². The number of hydrogen-bond donors (Lipinski definition) is 2. The van der Waals surface area contributed by atoms with Crippen molar-refractivity contribution in [1.29, 1.82) is 0 Å². The number of quaternary nitrogens is 1. The molecule has 1 aliphatic heterocycles. The van der Waals surface area contributed by atoms with Crippen LogP contribution in [-0.4, -0.2) is 53.8 Å². The molecule has 0 fully saturated rings. The molecule has 152 valence electrons. The van der Waals surface area contributed by atoms with Crippen LogP contribution < -0.4 is 4.90 Å². The van der Waals surface area contributed by atoms with Gasteiger partial charge in [0.25, 0.3) is 11.6 Å². The van der Waals surface area contributed by atoms with Crippen molar-refractivity contribution in [2.45, 2.75) is 12.5 Å². The lowest BCUT2D eigenvalue weighted by molar-refractivity contribution is -0.858. The summed E-state index contributed by atoms with van der Waals surface area (Å²) in [4.78, 5) is 38.8. The van der Waals surface area contributed by atoms with Crippen molar-refractivity contribution in [1.82, 2.24) is 4.90 Å². The number of rotatable bonds is 8. The number of amides is 1. The molecule has 9 nitrogen and oxygen atoms in total. The van der Waals surface area contributed by atoms with Gasteiger partial charge in [-0.15, -0.1) is 0 Å². The van der Waals surface area contributed by atoms with Gasteiger partial charge in [0, 0.05) is 25.1 Å². The first kappa shape index (κ1) is 20.3. The molecule has 2 N–H and O–H groups in total. The Balaban J connectivity index is 2.00. The lowest BCUT2D eigenvalue weighted by Gasteiger charge is -2.26. The minimum atomic E-state index is -0.849. The van der Waals surface area contributed by atoms with Crippen molar-refractivity contribution in [3.63, 3.8) is 0 Å². The van der Waals surface area contributed by atoms with Gasteiger partial charge in [0.2, 0.25) is 5.78 Å². The molecule has 29 heavy (non-hydrogen) atoms. The molecular weight excluding hydrogens is 378 g/mol. The Morgan fingerprint density at radius 2 is 1.97 bits per heavy atom. The SMILES string of the molecule is C[NH+](C)CCCN1C(=O)C(O)=C(C(=O)c2ccco2)[C@@H]1c1ccc([N+](=O)[O-])cc1. The highest BCUT2D eigenvalue weighted by Gasteiger charge is 2.44. The van der Waals surface area contributed by atoms with Gasteiger partial charge in [-0.25, -0.2) is 0 Å². The second kappa shape index (κ2) is 8.27. The van der Waals surface area contributed by atoms with Gasteiger partial charge in [-0.2, -0.15) is 0 Å².